The highest BCUT2D eigenvalue weighted by Crippen LogP contribution is 2.36. The summed E-state index contributed by atoms with van der Waals surface area (Å²) < 4.78 is 42.7. The Balaban J connectivity index is 1.79. The summed E-state index contributed by atoms with van der Waals surface area (Å²) in [7, 11) is 2.89. The summed E-state index contributed by atoms with van der Waals surface area (Å²) in [6.07, 6.45) is 0. The predicted molar refractivity (Wildman–Crippen MR) is 193 cm³/mol. The van der Waals surface area contributed by atoms with Crippen LogP contribution in [0.25, 0.3) is 22.3 Å². The molecule has 274 valence electrons. The molecule has 0 saturated carbocycles. The van der Waals surface area contributed by atoms with Crippen LogP contribution < -0.4 is 18.9 Å². The van der Waals surface area contributed by atoms with E-state index in [4.69, 9.17) is 37.9 Å². The van der Waals surface area contributed by atoms with Crippen LogP contribution >= 0.6 is 0 Å². The fourth-order valence-corrected chi connectivity index (χ4v) is 4.24. The molecule has 0 radical (unpaired) electrons. The number of rotatable bonds is 20. The molecule has 0 N–H and O–H groups in total. The highest BCUT2D eigenvalue weighted by atomic mass is 16.6. The van der Waals surface area contributed by atoms with Gasteiger partial charge in [-0.3, -0.25) is 0 Å². The third-order valence-corrected chi connectivity index (χ3v) is 6.90. The van der Waals surface area contributed by atoms with Gasteiger partial charge in [0.1, 0.15) is 26.4 Å². The molecule has 0 fully saturated rings. The molecule has 0 spiro atoms. The van der Waals surface area contributed by atoms with Gasteiger partial charge in [-0.25, -0.2) is 19.2 Å². The van der Waals surface area contributed by atoms with E-state index in [1.54, 1.807) is 36.4 Å². The van der Waals surface area contributed by atoms with Crippen molar-refractivity contribution in [2.45, 2.75) is 13.8 Å². The second kappa shape index (κ2) is 20.0. The highest BCUT2D eigenvalue weighted by Gasteiger charge is 2.17. The van der Waals surface area contributed by atoms with Crippen molar-refractivity contribution in [3.8, 4) is 45.3 Å². The summed E-state index contributed by atoms with van der Waals surface area (Å²) in [5, 5.41) is 0. The van der Waals surface area contributed by atoms with Crippen LogP contribution in [0, 0.1) is 0 Å². The van der Waals surface area contributed by atoms with Gasteiger partial charge in [0.15, 0.2) is 23.0 Å². The molecule has 0 heterocycles. The van der Waals surface area contributed by atoms with E-state index in [9.17, 15) is 19.2 Å². The molecule has 3 aromatic carbocycles. The van der Waals surface area contributed by atoms with E-state index >= 15 is 0 Å². The van der Waals surface area contributed by atoms with Gasteiger partial charge in [-0.2, -0.15) is 0 Å². The summed E-state index contributed by atoms with van der Waals surface area (Å²) in [6.45, 7) is 17.5. The summed E-state index contributed by atoms with van der Waals surface area (Å²) in [5.74, 6) is -1.65. The lowest BCUT2D eigenvalue weighted by Crippen LogP contribution is -2.16. The first-order valence-electron chi connectivity index (χ1n) is 15.9. The van der Waals surface area contributed by atoms with Crippen LogP contribution in [0.1, 0.15) is 13.8 Å². The minimum absolute atomic E-state index is 0.0103. The van der Waals surface area contributed by atoms with E-state index in [0.717, 1.165) is 22.3 Å². The van der Waals surface area contributed by atoms with E-state index in [2.05, 4.69) is 26.3 Å². The molecular weight excluding hydrogens is 672 g/mol. The van der Waals surface area contributed by atoms with Crippen molar-refractivity contribution in [3.05, 3.63) is 109 Å². The molecule has 0 aromatic heterocycles. The zero-order chi connectivity index (χ0) is 38.2. The Morgan fingerprint density at radius 2 is 0.827 bits per heavy atom. The van der Waals surface area contributed by atoms with E-state index in [1.165, 1.54) is 28.1 Å². The van der Waals surface area contributed by atoms with Gasteiger partial charge in [-0.1, -0.05) is 62.7 Å². The fourth-order valence-electron chi connectivity index (χ4n) is 4.24. The Kier molecular flexibility index (Phi) is 15.6. The SMILES string of the molecule is C=C(C)C(=O)Oc1cc(-c2ccc(-c3ccc(OCCOC(=O)C(=C)COC)c(OC(=O)C(=C)C)c3)cc2)ccc1OCCOC(=O)C(=C)COC. The predicted octanol–water partition coefficient (Wildman–Crippen LogP) is 6.23. The molecule has 0 aliphatic heterocycles. The summed E-state index contributed by atoms with van der Waals surface area (Å²) >= 11 is 0. The quantitative estimate of drug-likeness (QED) is 0.0567. The van der Waals surface area contributed by atoms with Crippen molar-refractivity contribution >= 4 is 23.9 Å². The van der Waals surface area contributed by atoms with Crippen LogP contribution in [-0.4, -0.2) is 77.7 Å². The van der Waals surface area contributed by atoms with Crippen LogP contribution in [0.4, 0.5) is 0 Å². The first-order chi connectivity index (χ1) is 24.8. The number of esters is 4. The lowest BCUT2D eigenvalue weighted by atomic mass is 9.99. The van der Waals surface area contributed by atoms with Gasteiger partial charge in [0.2, 0.25) is 0 Å². The number of methoxy groups -OCH3 is 2. The fraction of sp³-hybridized carbons (Fsp3) is 0.250. The molecule has 3 rings (SSSR count). The average molecular weight is 715 g/mol. The third kappa shape index (κ3) is 12.1. The number of hydrogen-bond donors (Lipinski definition) is 0. The molecule has 0 atom stereocenters. The Morgan fingerprint density at radius 3 is 1.15 bits per heavy atom. The number of carbonyl (C=O) groups excluding carboxylic acids is 4. The lowest BCUT2D eigenvalue weighted by molar-refractivity contribution is -0.141. The summed E-state index contributed by atoms with van der Waals surface area (Å²) in [5.41, 5.74) is 3.77. The van der Waals surface area contributed by atoms with Crippen molar-refractivity contribution < 1.29 is 57.1 Å². The summed E-state index contributed by atoms with van der Waals surface area (Å²) in [4.78, 5) is 48.8. The zero-order valence-electron chi connectivity index (χ0n) is 29.7. The smallest absolute Gasteiger partial charge is 0.338 e. The maximum Gasteiger partial charge on any atom is 0.338 e. The second-order valence-corrected chi connectivity index (χ2v) is 11.3. The van der Waals surface area contributed by atoms with Crippen molar-refractivity contribution in [1.29, 1.82) is 0 Å². The topological polar surface area (TPSA) is 142 Å². The monoisotopic (exact) mass is 714 g/mol. The molecule has 12 nitrogen and oxygen atoms in total. The number of hydrogen-bond acceptors (Lipinski definition) is 12. The van der Waals surface area contributed by atoms with Crippen molar-refractivity contribution in [2.75, 3.05) is 53.9 Å². The molecule has 0 aliphatic rings. The van der Waals surface area contributed by atoms with E-state index in [-0.39, 0.29) is 84.9 Å². The van der Waals surface area contributed by atoms with Gasteiger partial charge >= 0.3 is 23.9 Å². The molecule has 0 saturated heterocycles. The molecule has 0 aliphatic carbocycles. The molecule has 52 heavy (non-hydrogen) atoms. The van der Waals surface area contributed by atoms with E-state index in [0.29, 0.717) is 0 Å². The van der Waals surface area contributed by atoms with Gasteiger partial charge in [0.05, 0.1) is 24.4 Å². The molecule has 0 unspecified atom stereocenters. The molecule has 0 bridgehead atoms. The third-order valence-electron chi connectivity index (χ3n) is 6.90. The minimum Gasteiger partial charge on any atom is -0.486 e. The van der Waals surface area contributed by atoms with Crippen molar-refractivity contribution in [1.82, 2.24) is 0 Å². The maximum atomic E-state index is 12.4. The number of carbonyl (C=O) groups is 4. The normalized spacial score (nSPS) is 10.4. The van der Waals surface area contributed by atoms with Crippen LogP contribution in [0.5, 0.6) is 23.0 Å². The first kappa shape index (κ1) is 40.4. The number of ether oxygens (including phenoxy) is 8. The van der Waals surface area contributed by atoms with Gasteiger partial charge in [-0.15, -0.1) is 0 Å². The summed E-state index contributed by atoms with van der Waals surface area (Å²) in [6, 6.07) is 17.7. The van der Waals surface area contributed by atoms with Gasteiger partial charge < -0.3 is 37.9 Å². The van der Waals surface area contributed by atoms with Gasteiger partial charge in [0.25, 0.3) is 0 Å². The molecular formula is C40H42O12. The first-order valence-corrected chi connectivity index (χ1v) is 15.9. The molecule has 0 amide bonds. The highest BCUT2D eigenvalue weighted by molar-refractivity contribution is 5.90. The lowest BCUT2D eigenvalue weighted by Gasteiger charge is -2.15. The zero-order valence-corrected chi connectivity index (χ0v) is 29.7. The standard InChI is InChI=1S/C40H42O12/c1-25(2)37(41)51-35-21-31(13-15-33(35)47-17-19-49-39(43)27(5)23-45-7)29-9-11-30(12-10-29)32-14-16-34(36(22-32)52-38(42)26(3)4)48-18-20-50-40(44)28(6)24-46-8/h9-16,21-22H,1,3,5-6,17-20,23-24H2,2,4,7-8H3. The van der Waals surface area contributed by atoms with Gasteiger partial charge in [-0.05, 0) is 60.4 Å². The largest absolute Gasteiger partial charge is 0.486 e. The van der Waals surface area contributed by atoms with Crippen molar-refractivity contribution in [2.24, 2.45) is 0 Å². The number of benzene rings is 3. The van der Waals surface area contributed by atoms with E-state index in [1.807, 2.05) is 24.3 Å². The van der Waals surface area contributed by atoms with E-state index < -0.39 is 23.9 Å². The Morgan fingerprint density at radius 1 is 0.481 bits per heavy atom. The minimum atomic E-state index is -0.635. The van der Waals surface area contributed by atoms with Crippen LogP contribution in [0.3, 0.4) is 0 Å². The average Bonchev–Trinajstić information content (AvgIpc) is 3.12. The Bertz CT molecular complexity index is 1690. The maximum absolute atomic E-state index is 12.4. The second-order valence-electron chi connectivity index (χ2n) is 11.3. The Hall–Kier alpha value is -5.98. The Labute approximate surface area is 302 Å². The van der Waals surface area contributed by atoms with Crippen molar-refractivity contribution in [3.63, 3.8) is 0 Å². The van der Waals surface area contributed by atoms with Crippen LogP contribution in [-0.2, 0) is 38.1 Å². The molecule has 12 heteroatoms. The van der Waals surface area contributed by atoms with Crippen LogP contribution in [0.15, 0.2) is 109 Å². The van der Waals surface area contributed by atoms with Gasteiger partial charge in [0, 0.05) is 25.4 Å². The molecule has 3 aromatic rings. The van der Waals surface area contributed by atoms with Crippen LogP contribution in [0.2, 0.25) is 0 Å².